The Balaban J connectivity index is 1.47. The maximum Gasteiger partial charge on any atom is 0.276 e. The summed E-state index contributed by atoms with van der Waals surface area (Å²) < 4.78 is 16.6. The van der Waals surface area contributed by atoms with E-state index < -0.39 is 11.4 Å². The van der Waals surface area contributed by atoms with Gasteiger partial charge >= 0.3 is 0 Å². The topological polar surface area (TPSA) is 111 Å². The smallest absolute Gasteiger partial charge is 0.276 e. The minimum Gasteiger partial charge on any atom is -0.366 e. The number of piperidine rings is 1. The number of benzene rings is 1. The first-order chi connectivity index (χ1) is 24.1. The van der Waals surface area contributed by atoms with Crippen LogP contribution in [0.15, 0.2) is 53.6 Å². The van der Waals surface area contributed by atoms with Crippen molar-refractivity contribution in [1.82, 2.24) is 29.3 Å². The van der Waals surface area contributed by atoms with Gasteiger partial charge in [0.25, 0.3) is 5.56 Å². The van der Waals surface area contributed by atoms with Crippen molar-refractivity contribution >= 4 is 34.2 Å². The molecular weight excluding hydrogens is 655 g/mol. The predicted octanol–water partition coefficient (Wildman–Crippen LogP) is 6.44. The van der Waals surface area contributed by atoms with Crippen LogP contribution in [0.2, 0.25) is 5.02 Å². The number of nitrogens with zero attached hydrogens (tertiary/aromatic N) is 8. The Labute approximate surface area is 296 Å². The Bertz CT molecular complexity index is 2010. The summed E-state index contributed by atoms with van der Waals surface area (Å²) >= 11 is 6.88. The molecule has 2 fully saturated rings. The molecule has 0 N–H and O–H groups in total. The second-order valence-corrected chi connectivity index (χ2v) is 13.9. The van der Waals surface area contributed by atoms with E-state index in [-0.39, 0.29) is 45.2 Å². The van der Waals surface area contributed by atoms with E-state index in [9.17, 15) is 14.9 Å². The number of amides is 1. The first-order valence-electron chi connectivity index (χ1n) is 17.3. The van der Waals surface area contributed by atoms with Gasteiger partial charge in [-0.2, -0.15) is 5.26 Å². The van der Waals surface area contributed by atoms with Crippen LogP contribution < -0.4 is 10.5 Å². The number of piperazine rings is 1. The van der Waals surface area contributed by atoms with Gasteiger partial charge in [0.2, 0.25) is 5.91 Å². The number of carbonyl (C=O) groups is 1. The van der Waals surface area contributed by atoms with Gasteiger partial charge in [0, 0.05) is 49.7 Å². The minimum absolute atomic E-state index is 0.0619. The number of likely N-dealkylation sites (tertiary alicyclic amines) is 1. The molecule has 5 heterocycles. The number of nitriles is 1. The fourth-order valence-corrected chi connectivity index (χ4v) is 7.18. The Hall–Kier alpha value is -4.66. The maximum atomic E-state index is 15.2. The molecule has 0 atom stereocenters. The molecule has 2 aliphatic rings. The summed E-state index contributed by atoms with van der Waals surface area (Å²) in [5.74, 6) is -0.775. The molecule has 4 aromatic rings. The number of carbonyl (C=O) groups excluding carboxylic acids is 1. The van der Waals surface area contributed by atoms with Gasteiger partial charge in [-0.25, -0.2) is 19.3 Å². The fraction of sp³-hybridized carbons (Fsp3) is 0.421. The van der Waals surface area contributed by atoms with Crippen molar-refractivity contribution in [3.63, 3.8) is 0 Å². The second kappa shape index (κ2) is 15.1. The monoisotopic (exact) mass is 696 g/mol. The number of hydrogen-bond donors (Lipinski definition) is 0. The lowest BCUT2D eigenvalue weighted by Crippen LogP contribution is -2.49. The van der Waals surface area contributed by atoms with E-state index in [1.807, 2.05) is 38.7 Å². The van der Waals surface area contributed by atoms with Crippen molar-refractivity contribution in [3.05, 3.63) is 87.0 Å². The zero-order valence-electron chi connectivity index (χ0n) is 29.0. The van der Waals surface area contributed by atoms with E-state index in [2.05, 4.69) is 20.9 Å². The summed E-state index contributed by atoms with van der Waals surface area (Å²) in [4.78, 5) is 47.9. The van der Waals surface area contributed by atoms with Crippen molar-refractivity contribution in [3.8, 4) is 23.0 Å². The number of rotatable bonds is 8. The van der Waals surface area contributed by atoms with Crippen LogP contribution in [0, 0.1) is 17.1 Å². The standard InChI is InChI=1S/C38H42ClFN8O2/c1-24(2)32-36(33(25(3)4)43-23-42-32)48-37-27(21-29(39)34(44-37)26-11-6-7-12-30(26)40)35(28(22-41)38(48)50)47-19-17-46(18-20-47)31(49)13-10-16-45-14-8-5-9-15-45/h6-7,10-13,21,23-25H,5,8-9,14-20H2,1-4H3/b13-10+. The van der Waals surface area contributed by atoms with Gasteiger partial charge in [0.1, 0.15) is 29.4 Å². The number of hydrogen-bond acceptors (Lipinski definition) is 8. The van der Waals surface area contributed by atoms with Crippen molar-refractivity contribution in [1.29, 1.82) is 5.26 Å². The minimum atomic E-state index is -0.581. The highest BCUT2D eigenvalue weighted by Crippen LogP contribution is 2.38. The van der Waals surface area contributed by atoms with Crippen molar-refractivity contribution in [2.45, 2.75) is 58.8 Å². The Morgan fingerprint density at radius 3 is 2.26 bits per heavy atom. The summed E-state index contributed by atoms with van der Waals surface area (Å²) in [6.07, 6.45) is 8.71. The average Bonchev–Trinajstić information content (AvgIpc) is 3.11. The van der Waals surface area contributed by atoms with Crippen molar-refractivity contribution in [2.75, 3.05) is 50.7 Å². The Kier molecular flexibility index (Phi) is 10.6. The van der Waals surface area contributed by atoms with Gasteiger partial charge in [-0.15, -0.1) is 0 Å². The highest BCUT2D eigenvalue weighted by atomic mass is 35.5. The second-order valence-electron chi connectivity index (χ2n) is 13.5. The van der Waals surface area contributed by atoms with Crippen molar-refractivity contribution in [2.24, 2.45) is 0 Å². The van der Waals surface area contributed by atoms with Crippen molar-refractivity contribution < 1.29 is 9.18 Å². The Morgan fingerprint density at radius 2 is 1.64 bits per heavy atom. The first kappa shape index (κ1) is 35.2. The van der Waals surface area contributed by atoms with Crippen LogP contribution in [-0.2, 0) is 4.79 Å². The van der Waals surface area contributed by atoms with Gasteiger partial charge in [-0.3, -0.25) is 19.1 Å². The molecule has 0 unspecified atom stereocenters. The zero-order chi connectivity index (χ0) is 35.5. The number of aromatic nitrogens is 4. The van der Waals surface area contributed by atoms with Crippen LogP contribution in [0.1, 0.15) is 75.7 Å². The molecule has 0 saturated carbocycles. The molecule has 12 heteroatoms. The quantitative estimate of drug-likeness (QED) is 0.194. The van der Waals surface area contributed by atoms with Crippen LogP contribution in [0.4, 0.5) is 10.1 Å². The molecule has 260 valence electrons. The molecule has 2 aliphatic heterocycles. The van der Waals surface area contributed by atoms with E-state index in [4.69, 9.17) is 16.6 Å². The third kappa shape index (κ3) is 6.87. The van der Waals surface area contributed by atoms with Gasteiger partial charge in [-0.05, 0) is 56.0 Å². The molecule has 1 aromatic carbocycles. The third-order valence-electron chi connectivity index (χ3n) is 9.49. The number of fused-ring (bicyclic) bond motifs is 1. The van der Waals surface area contributed by atoms with Crippen LogP contribution >= 0.6 is 11.6 Å². The third-order valence-corrected chi connectivity index (χ3v) is 9.78. The summed E-state index contributed by atoms with van der Waals surface area (Å²) in [6, 6.07) is 10.0. The molecule has 1 amide bonds. The van der Waals surface area contributed by atoms with Crippen LogP contribution in [0.3, 0.4) is 0 Å². The lowest BCUT2D eigenvalue weighted by atomic mass is 10.00. The van der Waals surface area contributed by atoms with Crippen LogP contribution in [0.5, 0.6) is 0 Å². The largest absolute Gasteiger partial charge is 0.366 e. The summed E-state index contributed by atoms with van der Waals surface area (Å²) in [7, 11) is 0. The summed E-state index contributed by atoms with van der Waals surface area (Å²) in [5.41, 5.74) is 1.98. The Morgan fingerprint density at radius 1 is 0.980 bits per heavy atom. The van der Waals surface area contributed by atoms with E-state index in [0.717, 1.165) is 19.6 Å². The summed E-state index contributed by atoms with van der Waals surface area (Å²) in [6.45, 7) is 12.3. The molecule has 0 radical (unpaired) electrons. The molecule has 3 aromatic heterocycles. The molecule has 0 aliphatic carbocycles. The molecule has 0 bridgehead atoms. The lowest BCUT2D eigenvalue weighted by Gasteiger charge is -2.36. The zero-order valence-corrected chi connectivity index (χ0v) is 29.8. The maximum absolute atomic E-state index is 15.2. The van der Waals surface area contributed by atoms with Gasteiger partial charge < -0.3 is 9.80 Å². The fourth-order valence-electron chi connectivity index (χ4n) is 6.93. The van der Waals surface area contributed by atoms with Crippen LogP contribution in [-0.4, -0.2) is 81.0 Å². The van der Waals surface area contributed by atoms with E-state index in [0.29, 0.717) is 54.3 Å². The molecule has 2 saturated heterocycles. The van der Waals surface area contributed by atoms with E-state index in [1.54, 1.807) is 35.2 Å². The highest BCUT2D eigenvalue weighted by Gasteiger charge is 2.30. The number of halogens is 2. The van der Waals surface area contributed by atoms with Gasteiger partial charge in [-0.1, -0.05) is 63.9 Å². The normalized spacial score (nSPS) is 15.8. The molecule has 6 rings (SSSR count). The lowest BCUT2D eigenvalue weighted by molar-refractivity contribution is -0.126. The predicted molar refractivity (Wildman–Crippen MR) is 194 cm³/mol. The number of anilines is 1. The molecular formula is C38H42ClFN8O2. The summed E-state index contributed by atoms with van der Waals surface area (Å²) in [5, 5.41) is 11.2. The highest BCUT2D eigenvalue weighted by molar-refractivity contribution is 6.34. The SMILES string of the molecule is CC(C)c1ncnc(C(C)C)c1-n1c(=O)c(C#N)c(N2CCN(C(=O)/C=C/CN3CCCCC3)CC2)c2cc(Cl)c(-c3ccccc3F)nc21. The van der Waals surface area contributed by atoms with E-state index >= 15 is 4.39 Å². The first-order valence-corrected chi connectivity index (χ1v) is 17.7. The van der Waals surface area contributed by atoms with E-state index in [1.165, 1.54) is 36.2 Å². The van der Waals surface area contributed by atoms with Crippen LogP contribution in [0.25, 0.3) is 28.0 Å². The molecule has 50 heavy (non-hydrogen) atoms. The van der Waals surface area contributed by atoms with Gasteiger partial charge in [0.05, 0.1) is 33.5 Å². The molecule has 0 spiro atoms. The average molecular weight is 697 g/mol. The van der Waals surface area contributed by atoms with Gasteiger partial charge in [0.15, 0.2) is 0 Å². The number of pyridine rings is 2. The molecule has 10 nitrogen and oxygen atoms in total.